The lowest BCUT2D eigenvalue weighted by Crippen LogP contribution is -2.47. The molecule has 0 radical (unpaired) electrons. The molecule has 34 heavy (non-hydrogen) atoms. The molecule has 3 aromatic rings. The van der Waals surface area contributed by atoms with Crippen LogP contribution in [0.3, 0.4) is 0 Å². The van der Waals surface area contributed by atoms with Gasteiger partial charge in [0.15, 0.2) is 0 Å². The van der Waals surface area contributed by atoms with Crippen LogP contribution in [-0.4, -0.2) is 24.2 Å². The number of nitrogens with one attached hydrogen (secondary N) is 1. The number of fused-ring (bicyclic) bond motifs is 1. The highest BCUT2D eigenvalue weighted by Crippen LogP contribution is 2.42. The van der Waals surface area contributed by atoms with E-state index in [1.165, 1.54) is 23.9 Å². The monoisotopic (exact) mass is 498 g/mol. The van der Waals surface area contributed by atoms with Gasteiger partial charge in [-0.15, -0.1) is 11.8 Å². The Hall–Kier alpha value is -3.03. The summed E-state index contributed by atoms with van der Waals surface area (Å²) >= 11 is 7.62. The lowest BCUT2D eigenvalue weighted by Gasteiger charge is -2.36. The van der Waals surface area contributed by atoms with Crippen LogP contribution in [0.1, 0.15) is 18.1 Å². The molecular weight excluding hydrogens is 475 g/mol. The zero-order valence-electron chi connectivity index (χ0n) is 18.8. The van der Waals surface area contributed by atoms with Crippen molar-refractivity contribution in [2.45, 2.75) is 30.2 Å². The number of ether oxygens (including phenoxy) is 1. The number of hydrogen-bond donors (Lipinski definition) is 1. The molecule has 0 spiro atoms. The summed E-state index contributed by atoms with van der Waals surface area (Å²) in [5.74, 6) is -0.658. The molecule has 0 fully saturated rings. The number of rotatable bonds is 7. The molecule has 8 heteroatoms. The lowest BCUT2D eigenvalue weighted by molar-refractivity contribution is -0.128. The Morgan fingerprint density at radius 1 is 1.18 bits per heavy atom. The minimum absolute atomic E-state index is 0.184. The predicted octanol–water partition coefficient (Wildman–Crippen LogP) is 5.45. The quantitative estimate of drug-likeness (QED) is 0.470. The van der Waals surface area contributed by atoms with Gasteiger partial charge in [0.05, 0.1) is 25.3 Å². The maximum atomic E-state index is 13.6. The van der Waals surface area contributed by atoms with Gasteiger partial charge in [0.2, 0.25) is 11.8 Å². The van der Waals surface area contributed by atoms with Gasteiger partial charge in [-0.1, -0.05) is 48.9 Å². The highest BCUT2D eigenvalue weighted by atomic mass is 35.5. The van der Waals surface area contributed by atoms with Gasteiger partial charge in [0.1, 0.15) is 16.8 Å². The number of thioether (sulfide) groups is 1. The van der Waals surface area contributed by atoms with Gasteiger partial charge in [-0.3, -0.25) is 9.59 Å². The van der Waals surface area contributed by atoms with Crippen molar-refractivity contribution in [1.82, 2.24) is 5.32 Å². The van der Waals surface area contributed by atoms with Crippen molar-refractivity contribution < 1.29 is 18.7 Å². The maximum Gasteiger partial charge on any atom is 0.241 e. The maximum absolute atomic E-state index is 13.6. The third-order valence-electron chi connectivity index (χ3n) is 5.76. The minimum atomic E-state index is -0.606. The molecule has 1 aliphatic rings. The van der Waals surface area contributed by atoms with Crippen LogP contribution in [0.2, 0.25) is 5.02 Å². The molecule has 0 aliphatic carbocycles. The van der Waals surface area contributed by atoms with Crippen molar-refractivity contribution in [3.05, 3.63) is 88.7 Å². The molecule has 1 heterocycles. The predicted molar refractivity (Wildman–Crippen MR) is 133 cm³/mol. The Labute approximate surface area is 207 Å². The largest absolute Gasteiger partial charge is 0.497 e. The number of hydrogen-bond acceptors (Lipinski definition) is 4. The van der Waals surface area contributed by atoms with Crippen LogP contribution < -0.4 is 15.0 Å². The summed E-state index contributed by atoms with van der Waals surface area (Å²) in [6.07, 6.45) is 0. The summed E-state index contributed by atoms with van der Waals surface area (Å²) in [6.45, 7) is 2.30. The van der Waals surface area contributed by atoms with E-state index in [0.29, 0.717) is 12.1 Å². The van der Waals surface area contributed by atoms with Gasteiger partial charge < -0.3 is 15.0 Å². The van der Waals surface area contributed by atoms with Crippen molar-refractivity contribution in [2.24, 2.45) is 5.92 Å². The molecule has 0 saturated carbocycles. The van der Waals surface area contributed by atoms with Gasteiger partial charge in [-0.2, -0.15) is 0 Å². The van der Waals surface area contributed by atoms with E-state index in [2.05, 4.69) is 5.32 Å². The number of methoxy groups -OCH3 is 1. The number of carbonyl (C=O) groups excluding carboxylic acids is 2. The molecule has 0 bridgehead atoms. The van der Waals surface area contributed by atoms with E-state index in [1.54, 1.807) is 25.0 Å². The number of carbonyl (C=O) groups is 2. The highest BCUT2D eigenvalue weighted by molar-refractivity contribution is 8.01. The van der Waals surface area contributed by atoms with Crippen LogP contribution in [-0.2, 0) is 22.7 Å². The fraction of sp³-hybridized carbons (Fsp3) is 0.231. The summed E-state index contributed by atoms with van der Waals surface area (Å²) in [4.78, 5) is 29.1. The highest BCUT2D eigenvalue weighted by Gasteiger charge is 2.39. The number of halogens is 2. The summed E-state index contributed by atoms with van der Waals surface area (Å²) in [5.41, 5.74) is 2.32. The fourth-order valence-corrected chi connectivity index (χ4v) is 5.28. The van der Waals surface area contributed by atoms with Gasteiger partial charge >= 0.3 is 0 Å². The summed E-state index contributed by atoms with van der Waals surface area (Å²) in [7, 11) is 1.60. The average Bonchev–Trinajstić information content (AvgIpc) is 2.85. The molecule has 2 amide bonds. The van der Waals surface area contributed by atoms with E-state index in [9.17, 15) is 14.0 Å². The smallest absolute Gasteiger partial charge is 0.241 e. The summed E-state index contributed by atoms with van der Waals surface area (Å²) in [5, 5.41) is 2.58. The molecule has 1 aliphatic heterocycles. The van der Waals surface area contributed by atoms with Gasteiger partial charge in [0.25, 0.3) is 0 Å². The molecule has 4 rings (SSSR count). The normalized spacial score (nSPS) is 16.1. The SMILES string of the molecule is COc1ccc(CNC(=O)[C@@H](C)[C@H]2Sc3ccccc3N(Cc3ccc(F)cc3Cl)C2=O)cc1. The zero-order chi connectivity index (χ0) is 24.2. The molecule has 176 valence electrons. The molecule has 0 unspecified atom stereocenters. The molecule has 0 aromatic heterocycles. The van der Waals surface area contributed by atoms with Crippen molar-refractivity contribution in [3.63, 3.8) is 0 Å². The lowest BCUT2D eigenvalue weighted by atomic mass is 10.0. The van der Waals surface area contributed by atoms with Crippen LogP contribution in [0.4, 0.5) is 10.1 Å². The number of para-hydroxylation sites is 1. The molecular formula is C26H24ClFN2O3S. The first-order valence-corrected chi connectivity index (χ1v) is 12.0. The second kappa shape index (κ2) is 10.5. The summed E-state index contributed by atoms with van der Waals surface area (Å²) in [6, 6.07) is 19.1. The van der Waals surface area contributed by atoms with E-state index >= 15 is 0 Å². The molecule has 2 atom stereocenters. The third kappa shape index (κ3) is 5.21. The Morgan fingerprint density at radius 2 is 1.91 bits per heavy atom. The van der Waals surface area contributed by atoms with Crippen molar-refractivity contribution in [3.8, 4) is 5.75 Å². The van der Waals surface area contributed by atoms with E-state index in [0.717, 1.165) is 21.9 Å². The molecule has 3 aromatic carbocycles. The average molecular weight is 499 g/mol. The Bertz CT molecular complexity index is 1200. The molecule has 0 saturated heterocycles. The van der Waals surface area contributed by atoms with Crippen LogP contribution in [0.5, 0.6) is 5.75 Å². The van der Waals surface area contributed by atoms with Crippen molar-refractivity contribution in [2.75, 3.05) is 12.0 Å². The van der Waals surface area contributed by atoms with Gasteiger partial charge in [-0.25, -0.2) is 4.39 Å². The van der Waals surface area contributed by atoms with Crippen LogP contribution in [0.15, 0.2) is 71.6 Å². The Balaban J connectivity index is 1.52. The zero-order valence-corrected chi connectivity index (χ0v) is 20.3. The standard InChI is InChI=1S/C26H24ClFN2O3S/c1-16(25(31)29-14-17-7-11-20(33-2)12-8-17)24-26(32)30(22-5-3-4-6-23(22)34-24)15-18-9-10-19(28)13-21(18)27/h3-13,16,24H,14-15H2,1-2H3,(H,29,31)/t16-,24+/m0/s1. The fourth-order valence-electron chi connectivity index (χ4n) is 3.77. The minimum Gasteiger partial charge on any atom is -0.497 e. The third-order valence-corrected chi connectivity index (χ3v) is 7.57. The van der Waals surface area contributed by atoms with Gasteiger partial charge in [0, 0.05) is 16.5 Å². The Kier molecular flexibility index (Phi) is 7.44. The second-order valence-electron chi connectivity index (χ2n) is 8.02. The first kappa shape index (κ1) is 24.1. The van der Waals surface area contributed by atoms with Crippen molar-refractivity contribution in [1.29, 1.82) is 0 Å². The Morgan fingerprint density at radius 3 is 2.62 bits per heavy atom. The van der Waals surface area contributed by atoms with Gasteiger partial charge in [-0.05, 0) is 47.5 Å². The van der Waals surface area contributed by atoms with Crippen LogP contribution >= 0.6 is 23.4 Å². The summed E-state index contributed by atoms with van der Waals surface area (Å²) < 4.78 is 18.7. The molecule has 5 nitrogen and oxygen atoms in total. The van der Waals surface area contributed by atoms with Crippen LogP contribution in [0.25, 0.3) is 0 Å². The van der Waals surface area contributed by atoms with Crippen LogP contribution in [0, 0.1) is 11.7 Å². The second-order valence-corrected chi connectivity index (χ2v) is 9.61. The first-order valence-electron chi connectivity index (χ1n) is 10.8. The number of anilines is 1. The number of amides is 2. The number of nitrogens with zero attached hydrogens (tertiary/aromatic N) is 1. The van der Waals surface area contributed by atoms with E-state index in [-0.39, 0.29) is 23.4 Å². The molecule has 1 N–H and O–H groups in total. The topological polar surface area (TPSA) is 58.6 Å². The first-order chi connectivity index (χ1) is 16.4. The van der Waals surface area contributed by atoms with E-state index < -0.39 is 17.0 Å². The van der Waals surface area contributed by atoms with E-state index in [4.69, 9.17) is 16.3 Å². The number of benzene rings is 3. The van der Waals surface area contributed by atoms with Crippen molar-refractivity contribution >= 4 is 40.9 Å². The van der Waals surface area contributed by atoms with E-state index in [1.807, 2.05) is 48.5 Å².